The maximum atomic E-state index is 10.7. The van der Waals surface area contributed by atoms with E-state index in [4.69, 9.17) is 36.4 Å². The van der Waals surface area contributed by atoms with Crippen LogP contribution in [0, 0.1) is 5.92 Å². The number of phenolic OH excluding ortho intramolecular Hbond substituents is 2. The van der Waals surface area contributed by atoms with E-state index in [1.54, 1.807) is 0 Å². The number of nitrogens with two attached hydrogens (primary N) is 1. The average molecular weight is 660 g/mol. The molecule has 4 atom stereocenters. The number of anilines is 2. The van der Waals surface area contributed by atoms with E-state index in [1.807, 2.05) is 11.8 Å². The molecule has 14 heteroatoms. The number of hydrogen-bond donors (Lipinski definition) is 8. The van der Waals surface area contributed by atoms with E-state index < -0.39 is 35.7 Å². The molecule has 3 aromatic carbocycles. The Morgan fingerprint density at radius 1 is 0.848 bits per heavy atom. The molecular weight excluding hydrogens is 618 g/mol. The van der Waals surface area contributed by atoms with Crippen LogP contribution in [0.1, 0.15) is 19.4 Å². The maximum absolute atomic E-state index is 10.7. The monoisotopic (exact) mass is 659 g/mol. The quantitative estimate of drug-likeness (QED) is 0.147. The molecule has 0 bridgehead atoms. The fourth-order valence-electron chi connectivity index (χ4n) is 4.42. The van der Waals surface area contributed by atoms with Crippen LogP contribution >= 0.6 is 11.8 Å². The van der Waals surface area contributed by atoms with E-state index in [9.17, 15) is 19.5 Å². The second kappa shape index (κ2) is 16.8. The third-order valence-corrected chi connectivity index (χ3v) is 7.74. The van der Waals surface area contributed by atoms with Crippen molar-refractivity contribution in [2.45, 2.75) is 47.8 Å². The standard InChI is InChI=1S/C18H22N2S.C10H13NO4.C4H6O6/c1-14(12-19(2)3)13-20-15-8-4-6-10-17(15)21-18-11-7-5-9-16(18)20;1-10(11,9(14)15)5-6-2-3-7(12)8(13)4-6;5-1(3(7)8)2(6)4(9)10/h4-11,14H,12-13H2,1-3H3;2-4,12-13H,5,11H2,1H3,(H,14,15);1-2,5-6H,(H,7,8)(H,9,10). The van der Waals surface area contributed by atoms with Gasteiger partial charge in [0.05, 0.1) is 11.4 Å². The zero-order valence-electron chi connectivity index (χ0n) is 25.9. The minimum absolute atomic E-state index is 0.0795. The Hall–Kier alpha value is -4.34. The number of carbonyl (C=O) groups is 3. The van der Waals surface area contributed by atoms with Crippen molar-refractivity contribution in [1.29, 1.82) is 0 Å². The molecule has 250 valence electrons. The summed E-state index contributed by atoms with van der Waals surface area (Å²) >= 11 is 1.88. The van der Waals surface area contributed by atoms with Crippen LogP contribution in [-0.2, 0) is 20.8 Å². The summed E-state index contributed by atoms with van der Waals surface area (Å²) in [6.07, 6.45) is -4.45. The van der Waals surface area contributed by atoms with Gasteiger partial charge in [-0.15, -0.1) is 0 Å². The molecule has 3 aromatic rings. The highest BCUT2D eigenvalue weighted by atomic mass is 32.2. The number of carboxylic acids is 3. The fraction of sp³-hybridized carbons (Fsp3) is 0.344. The van der Waals surface area contributed by atoms with Gasteiger partial charge in [0, 0.05) is 29.3 Å². The van der Waals surface area contributed by atoms with Crippen molar-refractivity contribution in [2.75, 3.05) is 32.1 Å². The van der Waals surface area contributed by atoms with Gasteiger partial charge in [0.25, 0.3) is 0 Å². The summed E-state index contributed by atoms with van der Waals surface area (Å²) in [5.74, 6) is -4.56. The fourth-order valence-corrected chi connectivity index (χ4v) is 5.52. The number of aliphatic hydroxyl groups excluding tert-OH is 2. The van der Waals surface area contributed by atoms with Crippen LogP contribution in [0.25, 0.3) is 0 Å². The van der Waals surface area contributed by atoms with Crippen molar-refractivity contribution in [3.63, 3.8) is 0 Å². The van der Waals surface area contributed by atoms with Crippen LogP contribution in [0.3, 0.4) is 0 Å². The first-order valence-corrected chi connectivity index (χ1v) is 14.9. The van der Waals surface area contributed by atoms with Gasteiger partial charge in [-0.3, -0.25) is 4.79 Å². The molecule has 9 N–H and O–H groups in total. The van der Waals surface area contributed by atoms with Gasteiger partial charge in [0.15, 0.2) is 23.7 Å². The van der Waals surface area contributed by atoms with E-state index in [2.05, 4.69) is 79.3 Å². The maximum Gasteiger partial charge on any atom is 0.335 e. The van der Waals surface area contributed by atoms with Crippen LogP contribution in [0.4, 0.5) is 11.4 Å². The van der Waals surface area contributed by atoms with Crippen LogP contribution in [-0.4, -0.2) is 103 Å². The Bertz CT molecular complexity index is 1440. The summed E-state index contributed by atoms with van der Waals surface area (Å²) in [6.45, 7) is 5.87. The number of phenols is 2. The lowest BCUT2D eigenvalue weighted by molar-refractivity contribution is -0.165. The highest BCUT2D eigenvalue weighted by Crippen LogP contribution is 2.48. The lowest BCUT2D eigenvalue weighted by Crippen LogP contribution is -2.46. The molecule has 13 nitrogen and oxygen atoms in total. The Labute approximate surface area is 271 Å². The highest BCUT2D eigenvalue weighted by Gasteiger charge is 2.30. The summed E-state index contributed by atoms with van der Waals surface area (Å²) in [7, 11) is 4.29. The number of rotatable bonds is 10. The summed E-state index contributed by atoms with van der Waals surface area (Å²) in [6, 6.07) is 21.5. The number of carboxylic acid groups (broad SMARTS) is 3. The van der Waals surface area contributed by atoms with Gasteiger partial charge in [-0.25, -0.2) is 9.59 Å². The number of hydrogen-bond acceptors (Lipinski definition) is 11. The summed E-state index contributed by atoms with van der Waals surface area (Å²) in [5, 5.41) is 59.6. The number of aromatic hydroxyl groups is 2. The summed E-state index contributed by atoms with van der Waals surface area (Å²) in [5.41, 5.74) is 7.38. The lowest BCUT2D eigenvalue weighted by atomic mass is 9.94. The Kier molecular flexibility index (Phi) is 13.8. The van der Waals surface area contributed by atoms with Gasteiger partial charge in [0.2, 0.25) is 0 Å². The number of para-hydroxylation sites is 2. The number of aliphatic carboxylic acids is 3. The van der Waals surface area contributed by atoms with Crippen molar-refractivity contribution >= 4 is 41.0 Å². The van der Waals surface area contributed by atoms with Crippen molar-refractivity contribution in [3.8, 4) is 11.5 Å². The molecule has 4 rings (SSSR count). The molecular formula is C32H41N3O10S. The minimum atomic E-state index is -2.27. The molecule has 0 radical (unpaired) electrons. The van der Waals surface area contributed by atoms with Crippen molar-refractivity contribution in [2.24, 2.45) is 11.7 Å². The van der Waals surface area contributed by atoms with Crippen LogP contribution < -0.4 is 10.6 Å². The zero-order chi connectivity index (χ0) is 34.8. The second-order valence-corrected chi connectivity index (χ2v) is 12.4. The number of nitrogens with zero attached hydrogens (tertiary/aromatic N) is 2. The highest BCUT2D eigenvalue weighted by molar-refractivity contribution is 7.99. The van der Waals surface area contributed by atoms with Crippen LogP contribution in [0.5, 0.6) is 11.5 Å². The van der Waals surface area contributed by atoms with Gasteiger partial charge in [-0.05, 0) is 68.9 Å². The average Bonchev–Trinajstić information content (AvgIpc) is 2.98. The molecule has 0 aromatic heterocycles. The van der Waals surface area contributed by atoms with Gasteiger partial charge in [0.1, 0.15) is 5.54 Å². The molecule has 0 aliphatic carbocycles. The largest absolute Gasteiger partial charge is 0.504 e. The summed E-state index contributed by atoms with van der Waals surface area (Å²) in [4.78, 5) is 37.7. The van der Waals surface area contributed by atoms with Crippen LogP contribution in [0.15, 0.2) is 76.5 Å². The van der Waals surface area contributed by atoms with E-state index in [0.29, 0.717) is 11.5 Å². The van der Waals surface area contributed by atoms with Crippen molar-refractivity contribution < 1.29 is 50.1 Å². The molecule has 0 saturated carbocycles. The molecule has 46 heavy (non-hydrogen) atoms. The molecule has 1 aliphatic rings. The third kappa shape index (κ3) is 10.9. The van der Waals surface area contributed by atoms with Crippen molar-refractivity contribution in [3.05, 3.63) is 72.3 Å². The Morgan fingerprint density at radius 3 is 1.74 bits per heavy atom. The minimum Gasteiger partial charge on any atom is -0.504 e. The first kappa shape index (κ1) is 37.8. The van der Waals surface area contributed by atoms with E-state index in [0.717, 1.165) is 13.1 Å². The first-order chi connectivity index (χ1) is 21.4. The third-order valence-electron chi connectivity index (χ3n) is 6.61. The molecule has 1 heterocycles. The molecule has 4 unspecified atom stereocenters. The van der Waals surface area contributed by atoms with Gasteiger partial charge < -0.3 is 51.3 Å². The topological polar surface area (TPSA) is 225 Å². The molecule has 0 spiro atoms. The van der Waals surface area contributed by atoms with Crippen molar-refractivity contribution in [1.82, 2.24) is 4.90 Å². The Balaban J connectivity index is 0.000000259. The first-order valence-electron chi connectivity index (χ1n) is 14.1. The van der Waals surface area contributed by atoms with E-state index in [-0.39, 0.29) is 17.9 Å². The van der Waals surface area contributed by atoms with Crippen LogP contribution in [0.2, 0.25) is 0 Å². The summed E-state index contributed by atoms with van der Waals surface area (Å²) < 4.78 is 0. The number of aliphatic hydroxyl groups is 2. The predicted octanol–water partition coefficient (Wildman–Crippen LogP) is 2.81. The number of fused-ring (bicyclic) bond motifs is 2. The van der Waals surface area contributed by atoms with Gasteiger partial charge >= 0.3 is 17.9 Å². The van der Waals surface area contributed by atoms with E-state index >= 15 is 0 Å². The van der Waals surface area contributed by atoms with Gasteiger partial charge in [-0.1, -0.05) is 49.0 Å². The molecule has 1 aliphatic heterocycles. The predicted molar refractivity (Wildman–Crippen MR) is 173 cm³/mol. The zero-order valence-corrected chi connectivity index (χ0v) is 26.8. The molecule has 0 fully saturated rings. The van der Waals surface area contributed by atoms with E-state index in [1.165, 1.54) is 46.3 Å². The molecule has 0 amide bonds. The number of benzene rings is 3. The SMILES string of the molecule is CC(CN(C)C)CN1c2ccccc2Sc2ccccc21.CC(N)(Cc1ccc(O)c(O)c1)C(=O)O.O=C(O)C(O)C(O)C(=O)O. The lowest BCUT2D eigenvalue weighted by Gasteiger charge is -2.35. The van der Waals surface area contributed by atoms with Gasteiger partial charge in [-0.2, -0.15) is 0 Å². The molecule has 0 saturated heterocycles. The Morgan fingerprint density at radius 2 is 1.33 bits per heavy atom. The smallest absolute Gasteiger partial charge is 0.335 e. The second-order valence-electron chi connectivity index (χ2n) is 11.3. The normalized spacial score (nSPS) is 14.9.